The number of amides is 1. The summed E-state index contributed by atoms with van der Waals surface area (Å²) < 4.78 is 45.7. The second-order valence-electron chi connectivity index (χ2n) is 5.66. The number of ether oxygens (including phenoxy) is 1. The number of alkyl halides is 3. The lowest BCUT2D eigenvalue weighted by Gasteiger charge is -2.15. The second-order valence-corrected chi connectivity index (χ2v) is 6.72. The number of benzene rings is 1. The third-order valence-corrected chi connectivity index (χ3v) is 5.09. The van der Waals surface area contributed by atoms with Crippen molar-refractivity contribution in [2.24, 2.45) is 4.99 Å². The third kappa shape index (κ3) is 3.78. The van der Waals surface area contributed by atoms with Crippen molar-refractivity contribution in [1.82, 2.24) is 4.57 Å². The van der Waals surface area contributed by atoms with Crippen LogP contribution in [0.25, 0.3) is 5.69 Å². The van der Waals surface area contributed by atoms with Gasteiger partial charge in [0, 0.05) is 16.3 Å². The first-order chi connectivity index (χ1) is 11.9. The maximum Gasteiger partial charge on any atom is 0.436 e. The number of hydrogen-bond acceptors (Lipinski definition) is 3. The molecule has 1 aliphatic rings. The van der Waals surface area contributed by atoms with E-state index in [2.05, 4.69) is 4.99 Å². The molecule has 0 radical (unpaired) electrons. The molecule has 1 amide bonds. The summed E-state index contributed by atoms with van der Waals surface area (Å²) in [5.74, 6) is 0. The second kappa shape index (κ2) is 7.03. The van der Waals surface area contributed by atoms with Crippen molar-refractivity contribution in [2.45, 2.75) is 38.8 Å². The average Bonchev–Trinajstić information content (AvgIpc) is 2.92. The van der Waals surface area contributed by atoms with Crippen LogP contribution in [0.4, 0.5) is 18.0 Å². The van der Waals surface area contributed by atoms with Crippen molar-refractivity contribution in [3.05, 3.63) is 45.2 Å². The summed E-state index contributed by atoms with van der Waals surface area (Å²) in [4.78, 5) is 17.1. The van der Waals surface area contributed by atoms with Crippen LogP contribution in [0.15, 0.2) is 29.3 Å². The molecule has 1 aromatic heterocycles. The van der Waals surface area contributed by atoms with Crippen molar-refractivity contribution in [3.8, 4) is 5.69 Å². The number of nitrogens with zero attached hydrogens (tertiary/aromatic N) is 2. The molecule has 8 heteroatoms. The number of carbonyl (C=O) groups is 1. The van der Waals surface area contributed by atoms with Crippen molar-refractivity contribution < 1.29 is 22.7 Å². The van der Waals surface area contributed by atoms with Crippen molar-refractivity contribution in [2.75, 3.05) is 6.61 Å². The number of carbonyl (C=O) groups excluding carboxylic acids is 1. The van der Waals surface area contributed by atoms with Gasteiger partial charge in [-0.15, -0.1) is 16.3 Å². The summed E-state index contributed by atoms with van der Waals surface area (Å²) in [5, 5.41) is 0. The molecule has 0 saturated heterocycles. The third-order valence-electron chi connectivity index (χ3n) is 3.95. The van der Waals surface area contributed by atoms with E-state index in [0.29, 0.717) is 10.5 Å². The Bertz CT molecular complexity index is 852. The molecule has 2 aromatic rings. The molecule has 0 unspecified atom stereocenters. The number of aromatic nitrogens is 1. The standard InChI is InChI=1S/C17H17F3N2O2S/c1-2-24-16(23)21-15-22(13-8-3-4-9-14(13)25-15)12-7-5-6-11(10-12)17(18,19)20/h5-7,10H,2-4,8-9H2,1H3/b21-15+. The van der Waals surface area contributed by atoms with Gasteiger partial charge in [0.25, 0.3) is 0 Å². The maximum absolute atomic E-state index is 13.1. The van der Waals surface area contributed by atoms with E-state index in [9.17, 15) is 18.0 Å². The van der Waals surface area contributed by atoms with Gasteiger partial charge in [0.05, 0.1) is 12.2 Å². The number of aryl methyl sites for hydroxylation is 1. The average molecular weight is 370 g/mol. The summed E-state index contributed by atoms with van der Waals surface area (Å²) in [6.07, 6.45) is -1.58. The smallest absolute Gasteiger partial charge is 0.436 e. The highest BCUT2D eigenvalue weighted by Gasteiger charge is 2.31. The highest BCUT2D eigenvalue weighted by molar-refractivity contribution is 7.09. The highest BCUT2D eigenvalue weighted by Crippen LogP contribution is 2.32. The predicted molar refractivity (Wildman–Crippen MR) is 87.9 cm³/mol. The molecule has 3 rings (SSSR count). The first kappa shape index (κ1) is 17.7. The van der Waals surface area contributed by atoms with Gasteiger partial charge >= 0.3 is 12.3 Å². The molecule has 0 fully saturated rings. The summed E-state index contributed by atoms with van der Waals surface area (Å²) in [5.41, 5.74) is 0.561. The lowest BCUT2D eigenvalue weighted by atomic mass is 10.0. The zero-order valence-electron chi connectivity index (χ0n) is 13.6. The van der Waals surface area contributed by atoms with Crippen molar-refractivity contribution in [1.29, 1.82) is 0 Å². The van der Waals surface area contributed by atoms with Crippen LogP contribution >= 0.6 is 11.3 Å². The molecule has 134 valence electrons. The fourth-order valence-electron chi connectivity index (χ4n) is 2.87. The van der Waals surface area contributed by atoms with E-state index in [0.717, 1.165) is 48.4 Å². The molecular formula is C17H17F3N2O2S. The van der Waals surface area contributed by atoms with E-state index in [1.54, 1.807) is 17.6 Å². The quantitative estimate of drug-likeness (QED) is 0.782. The molecule has 0 aliphatic heterocycles. The lowest BCUT2D eigenvalue weighted by molar-refractivity contribution is -0.137. The minimum absolute atomic E-state index is 0.191. The van der Waals surface area contributed by atoms with Crippen LogP contribution in [-0.2, 0) is 23.8 Å². The Kier molecular flexibility index (Phi) is 4.99. The first-order valence-corrected chi connectivity index (χ1v) is 8.84. The van der Waals surface area contributed by atoms with Crippen LogP contribution < -0.4 is 4.80 Å². The Balaban J connectivity index is 2.18. The highest BCUT2D eigenvalue weighted by atomic mass is 32.1. The summed E-state index contributed by atoms with van der Waals surface area (Å²) in [7, 11) is 0. The minimum atomic E-state index is -4.43. The van der Waals surface area contributed by atoms with E-state index in [1.807, 2.05) is 0 Å². The molecule has 0 bridgehead atoms. The van der Waals surface area contributed by atoms with E-state index >= 15 is 0 Å². The number of rotatable bonds is 2. The van der Waals surface area contributed by atoms with Gasteiger partial charge in [0.2, 0.25) is 4.80 Å². The summed E-state index contributed by atoms with van der Waals surface area (Å²) in [6.45, 7) is 1.87. The van der Waals surface area contributed by atoms with Gasteiger partial charge in [0.15, 0.2) is 0 Å². The number of halogens is 3. The number of hydrogen-bond donors (Lipinski definition) is 0. The Labute approximate surface area is 146 Å². The van der Waals surface area contributed by atoms with Gasteiger partial charge in [0.1, 0.15) is 0 Å². The number of thiazole rings is 1. The number of fused-ring (bicyclic) bond motifs is 1. The SMILES string of the molecule is CCOC(=O)/N=c1/sc2c(n1-c1cccc(C(F)(F)F)c1)CCCC2. The zero-order valence-corrected chi connectivity index (χ0v) is 14.4. The molecule has 4 nitrogen and oxygen atoms in total. The van der Waals surface area contributed by atoms with Gasteiger partial charge in [-0.05, 0) is 50.8 Å². The Morgan fingerprint density at radius 2 is 2.08 bits per heavy atom. The molecule has 0 saturated carbocycles. The monoisotopic (exact) mass is 370 g/mol. The van der Waals surface area contributed by atoms with Gasteiger partial charge in [-0.25, -0.2) is 4.79 Å². The van der Waals surface area contributed by atoms with E-state index in [-0.39, 0.29) is 6.61 Å². The fourth-order valence-corrected chi connectivity index (χ4v) is 4.08. The molecule has 0 N–H and O–H groups in total. The molecule has 25 heavy (non-hydrogen) atoms. The van der Waals surface area contributed by atoms with Crippen LogP contribution in [0.5, 0.6) is 0 Å². The predicted octanol–water partition coefficient (Wildman–Crippen LogP) is 4.49. The zero-order chi connectivity index (χ0) is 18.0. The Morgan fingerprint density at radius 3 is 2.80 bits per heavy atom. The minimum Gasteiger partial charge on any atom is -0.448 e. The van der Waals surface area contributed by atoms with Crippen LogP contribution in [0.3, 0.4) is 0 Å². The molecule has 1 aromatic carbocycles. The van der Waals surface area contributed by atoms with Crippen LogP contribution in [-0.4, -0.2) is 17.3 Å². The molecule has 0 atom stereocenters. The summed E-state index contributed by atoms with van der Waals surface area (Å²) >= 11 is 1.34. The Morgan fingerprint density at radius 1 is 1.32 bits per heavy atom. The topological polar surface area (TPSA) is 43.6 Å². The molecular weight excluding hydrogens is 353 g/mol. The van der Waals surface area contributed by atoms with E-state index in [4.69, 9.17) is 4.74 Å². The molecule has 0 spiro atoms. The van der Waals surface area contributed by atoms with Gasteiger partial charge in [-0.3, -0.25) is 4.57 Å². The van der Waals surface area contributed by atoms with E-state index in [1.165, 1.54) is 17.4 Å². The van der Waals surface area contributed by atoms with Crippen molar-refractivity contribution in [3.63, 3.8) is 0 Å². The first-order valence-electron chi connectivity index (χ1n) is 8.03. The lowest BCUT2D eigenvalue weighted by Crippen LogP contribution is -2.19. The molecule has 1 aliphatic carbocycles. The Hall–Kier alpha value is -2.09. The largest absolute Gasteiger partial charge is 0.448 e. The van der Waals surface area contributed by atoms with E-state index < -0.39 is 17.8 Å². The van der Waals surface area contributed by atoms with Crippen molar-refractivity contribution >= 4 is 17.4 Å². The maximum atomic E-state index is 13.1. The van der Waals surface area contributed by atoms with Crippen LogP contribution in [0.2, 0.25) is 0 Å². The van der Waals surface area contributed by atoms with Gasteiger partial charge < -0.3 is 4.74 Å². The van der Waals surface area contributed by atoms with Gasteiger partial charge in [-0.1, -0.05) is 6.07 Å². The fraction of sp³-hybridized carbons (Fsp3) is 0.412. The van der Waals surface area contributed by atoms with Crippen LogP contribution in [0, 0.1) is 0 Å². The van der Waals surface area contributed by atoms with Gasteiger partial charge in [-0.2, -0.15) is 13.2 Å². The normalized spacial score (nSPS) is 15.1. The van der Waals surface area contributed by atoms with Crippen LogP contribution in [0.1, 0.15) is 35.9 Å². The molecule has 1 heterocycles. The summed E-state index contributed by atoms with van der Waals surface area (Å²) in [6, 6.07) is 5.09.